The summed E-state index contributed by atoms with van der Waals surface area (Å²) in [6.45, 7) is 3.91. The topological polar surface area (TPSA) is 113 Å². The number of carbonyl (C=O) groups excluding carboxylic acids is 1. The van der Waals surface area contributed by atoms with Gasteiger partial charge in [-0.1, -0.05) is 12.1 Å². The van der Waals surface area contributed by atoms with E-state index in [9.17, 15) is 27.6 Å². The highest BCUT2D eigenvalue weighted by Gasteiger charge is 2.31. The van der Waals surface area contributed by atoms with Crippen LogP contribution in [-0.4, -0.2) is 54.5 Å². The Morgan fingerprint density at radius 3 is 2.51 bits per heavy atom. The Morgan fingerprint density at radius 1 is 1.08 bits per heavy atom. The second-order valence-corrected chi connectivity index (χ2v) is 9.01. The summed E-state index contributed by atoms with van der Waals surface area (Å²) in [7, 11) is 0. The van der Waals surface area contributed by atoms with E-state index < -0.39 is 23.7 Å². The minimum atomic E-state index is -4.57. The van der Waals surface area contributed by atoms with Crippen molar-refractivity contribution in [1.82, 2.24) is 9.88 Å². The Kier molecular flexibility index (Phi) is 8.24. The van der Waals surface area contributed by atoms with Gasteiger partial charge in [-0.3, -0.25) is 9.59 Å². The first kappa shape index (κ1) is 27.7. The number of rotatable bonds is 7. The summed E-state index contributed by atoms with van der Waals surface area (Å²) < 4.78 is 46.1. The molecule has 0 unspecified atom stereocenters. The maximum absolute atomic E-state index is 13.2. The van der Waals surface area contributed by atoms with Crippen LogP contribution in [0.25, 0.3) is 11.1 Å². The van der Waals surface area contributed by atoms with E-state index in [-0.39, 0.29) is 24.2 Å². The molecule has 1 saturated heterocycles. The van der Waals surface area contributed by atoms with Gasteiger partial charge in [0, 0.05) is 49.2 Å². The van der Waals surface area contributed by atoms with Gasteiger partial charge in [0.15, 0.2) is 0 Å². The van der Waals surface area contributed by atoms with E-state index in [0.29, 0.717) is 48.8 Å². The molecule has 2 amide bonds. The number of amides is 2. The molecule has 4 rings (SSSR count). The van der Waals surface area contributed by atoms with Crippen LogP contribution in [0.3, 0.4) is 0 Å². The predicted octanol–water partition coefficient (Wildman–Crippen LogP) is 4.20. The number of benzene rings is 2. The number of aromatic nitrogens is 1. The van der Waals surface area contributed by atoms with Crippen molar-refractivity contribution < 1.29 is 32.6 Å². The minimum Gasteiger partial charge on any atom is -0.465 e. The Bertz CT molecular complexity index is 1430. The third-order valence-electron chi connectivity index (χ3n) is 6.31. The third kappa shape index (κ3) is 6.77. The number of alkyl halides is 3. The zero-order valence-corrected chi connectivity index (χ0v) is 21.0. The van der Waals surface area contributed by atoms with Crippen LogP contribution in [0.4, 0.5) is 29.3 Å². The number of halogens is 3. The number of morpholine rings is 1. The van der Waals surface area contributed by atoms with Crippen LogP contribution in [0.15, 0.2) is 59.5 Å². The minimum absolute atomic E-state index is 0.0211. The Hall–Kier alpha value is -4.32. The Morgan fingerprint density at radius 2 is 1.82 bits per heavy atom. The summed E-state index contributed by atoms with van der Waals surface area (Å²) in [5, 5.41) is 13.8. The van der Waals surface area contributed by atoms with Gasteiger partial charge in [-0.05, 0) is 54.4 Å². The molecule has 3 N–H and O–H groups in total. The van der Waals surface area contributed by atoms with Crippen molar-refractivity contribution in [3.05, 3.63) is 81.8 Å². The number of nitrogens with one attached hydrogen (secondary N) is 2. The highest BCUT2D eigenvalue weighted by atomic mass is 19.4. The lowest BCUT2D eigenvalue weighted by Gasteiger charge is -2.29. The van der Waals surface area contributed by atoms with Crippen LogP contribution >= 0.6 is 0 Å². The monoisotopic (exact) mass is 544 g/mol. The van der Waals surface area contributed by atoms with Crippen molar-refractivity contribution in [1.29, 1.82) is 0 Å². The van der Waals surface area contributed by atoms with Crippen molar-refractivity contribution in [2.24, 2.45) is 0 Å². The van der Waals surface area contributed by atoms with E-state index in [1.807, 2.05) is 11.8 Å². The lowest BCUT2D eigenvalue weighted by molar-refractivity contribution is -0.137. The van der Waals surface area contributed by atoms with E-state index >= 15 is 0 Å². The Labute approximate surface area is 221 Å². The molecular weight excluding hydrogens is 517 g/mol. The molecule has 39 heavy (non-hydrogen) atoms. The first-order valence-electron chi connectivity index (χ1n) is 12.2. The molecule has 2 aromatic carbocycles. The molecule has 3 aromatic rings. The number of carbonyl (C=O) groups is 2. The molecule has 0 atom stereocenters. The van der Waals surface area contributed by atoms with Gasteiger partial charge in [0.25, 0.3) is 11.5 Å². The first-order valence-corrected chi connectivity index (χ1v) is 12.2. The van der Waals surface area contributed by atoms with Crippen molar-refractivity contribution in [2.45, 2.75) is 19.6 Å². The number of ether oxygens (including phenoxy) is 1. The molecule has 1 aliphatic rings. The lowest BCUT2D eigenvalue weighted by Crippen LogP contribution is -2.41. The highest BCUT2D eigenvalue weighted by molar-refractivity contribution is 6.04. The molecule has 0 radical (unpaired) electrons. The number of hydrogen-bond acceptors (Lipinski definition) is 5. The molecule has 1 aromatic heterocycles. The number of pyridine rings is 1. The Balaban J connectivity index is 1.68. The standard InChI is InChI=1S/C27H27F3N4O5/c1-17-5-6-21(32-24(35)18-3-2-4-20(13-18)27(28,29)30)15-22(17)19-14-23(33-9-11-39-12-10-33)25(36)34(16-19)8-7-31-26(37)38/h2-6,13-16,31H,7-12H2,1H3,(H,32,35)(H,37,38). The van der Waals surface area contributed by atoms with Gasteiger partial charge in [-0.15, -0.1) is 0 Å². The number of hydrogen-bond donors (Lipinski definition) is 3. The molecule has 206 valence electrons. The van der Waals surface area contributed by atoms with Crippen molar-refractivity contribution in [3.8, 4) is 11.1 Å². The zero-order chi connectivity index (χ0) is 28.2. The highest BCUT2D eigenvalue weighted by Crippen LogP contribution is 2.31. The van der Waals surface area contributed by atoms with Crippen LogP contribution in [0.1, 0.15) is 21.5 Å². The molecule has 9 nitrogen and oxygen atoms in total. The maximum Gasteiger partial charge on any atom is 0.416 e. The van der Waals surface area contributed by atoms with Gasteiger partial charge >= 0.3 is 12.3 Å². The lowest BCUT2D eigenvalue weighted by atomic mass is 10.00. The number of aryl methyl sites for hydroxylation is 1. The molecule has 0 spiro atoms. The van der Waals surface area contributed by atoms with Gasteiger partial charge in [-0.2, -0.15) is 13.2 Å². The van der Waals surface area contributed by atoms with Gasteiger partial charge in [0.2, 0.25) is 0 Å². The number of carboxylic acid groups (broad SMARTS) is 1. The molecule has 12 heteroatoms. The van der Waals surface area contributed by atoms with E-state index in [1.54, 1.807) is 30.5 Å². The fraction of sp³-hybridized carbons (Fsp3) is 0.296. The van der Waals surface area contributed by atoms with Gasteiger partial charge in [0.1, 0.15) is 5.69 Å². The summed E-state index contributed by atoms with van der Waals surface area (Å²) in [4.78, 5) is 38.8. The van der Waals surface area contributed by atoms with Gasteiger partial charge in [0.05, 0.1) is 18.8 Å². The third-order valence-corrected chi connectivity index (χ3v) is 6.31. The van der Waals surface area contributed by atoms with Crippen molar-refractivity contribution in [3.63, 3.8) is 0 Å². The van der Waals surface area contributed by atoms with E-state index in [0.717, 1.165) is 17.7 Å². The van der Waals surface area contributed by atoms with Crippen molar-refractivity contribution in [2.75, 3.05) is 43.1 Å². The quantitative estimate of drug-likeness (QED) is 0.411. The van der Waals surface area contributed by atoms with Gasteiger partial charge < -0.3 is 29.9 Å². The zero-order valence-electron chi connectivity index (χ0n) is 21.0. The largest absolute Gasteiger partial charge is 0.465 e. The maximum atomic E-state index is 13.2. The SMILES string of the molecule is Cc1ccc(NC(=O)c2cccc(C(F)(F)F)c2)cc1-c1cc(N2CCOCC2)c(=O)n(CCNC(=O)O)c1. The fourth-order valence-corrected chi connectivity index (χ4v) is 4.30. The van der Waals surface area contributed by atoms with E-state index in [2.05, 4.69) is 10.6 Å². The molecule has 1 fully saturated rings. The van der Waals surface area contributed by atoms with Crippen LogP contribution < -0.4 is 21.1 Å². The van der Waals surface area contributed by atoms with E-state index in [4.69, 9.17) is 9.84 Å². The average Bonchev–Trinajstić information content (AvgIpc) is 2.90. The smallest absolute Gasteiger partial charge is 0.416 e. The molecule has 0 saturated carbocycles. The molecule has 0 aliphatic carbocycles. The van der Waals surface area contributed by atoms with Crippen molar-refractivity contribution >= 4 is 23.4 Å². The summed E-state index contributed by atoms with van der Waals surface area (Å²) in [6, 6.07) is 11.0. The number of anilines is 2. The molecular formula is C27H27F3N4O5. The van der Waals surface area contributed by atoms with Gasteiger partial charge in [-0.25, -0.2) is 4.79 Å². The summed E-state index contributed by atoms with van der Waals surface area (Å²) in [6.07, 6.45) is -4.15. The van der Waals surface area contributed by atoms with Crippen LogP contribution in [-0.2, 0) is 17.5 Å². The summed E-state index contributed by atoms with van der Waals surface area (Å²) in [5.41, 5.74) is 1.62. The predicted molar refractivity (Wildman–Crippen MR) is 139 cm³/mol. The fourth-order valence-electron chi connectivity index (χ4n) is 4.30. The molecule has 0 bridgehead atoms. The number of nitrogens with zero attached hydrogens (tertiary/aromatic N) is 2. The van der Waals surface area contributed by atoms with Crippen LogP contribution in [0.2, 0.25) is 0 Å². The first-order chi connectivity index (χ1) is 18.5. The van der Waals surface area contributed by atoms with E-state index in [1.165, 1.54) is 16.7 Å². The normalized spacial score (nSPS) is 13.7. The summed E-state index contributed by atoms with van der Waals surface area (Å²) in [5.74, 6) is -0.699. The summed E-state index contributed by atoms with van der Waals surface area (Å²) >= 11 is 0. The second-order valence-electron chi connectivity index (χ2n) is 9.01. The second kappa shape index (κ2) is 11.6. The molecule has 2 heterocycles. The van der Waals surface area contributed by atoms with Crippen LogP contribution in [0, 0.1) is 6.92 Å². The molecule has 1 aliphatic heterocycles. The average molecular weight is 545 g/mol. The van der Waals surface area contributed by atoms with Crippen LogP contribution in [0.5, 0.6) is 0 Å².